The van der Waals surface area contributed by atoms with Crippen LogP contribution in [0.4, 0.5) is 24.5 Å². The minimum Gasteiger partial charge on any atom is -0.351 e. The zero-order valence-corrected chi connectivity index (χ0v) is 25.0. The summed E-state index contributed by atoms with van der Waals surface area (Å²) >= 11 is 0. The Morgan fingerprint density at radius 1 is 0.814 bits per heavy atom. The molecule has 3 N–H and O–H groups in total. The van der Waals surface area contributed by atoms with Crippen molar-refractivity contribution in [2.24, 2.45) is 5.92 Å². The van der Waals surface area contributed by atoms with E-state index in [9.17, 15) is 18.0 Å². The molecule has 1 aromatic heterocycles. The third-order valence-corrected chi connectivity index (χ3v) is 6.66. The maximum atomic E-state index is 13.4. The third-order valence-electron chi connectivity index (χ3n) is 6.66. The van der Waals surface area contributed by atoms with E-state index in [-0.39, 0.29) is 11.7 Å². The molecule has 0 saturated carbocycles. The van der Waals surface area contributed by atoms with Crippen LogP contribution < -0.4 is 16.0 Å². The highest BCUT2D eigenvalue weighted by Gasteiger charge is 2.35. The highest BCUT2D eigenvalue weighted by Crippen LogP contribution is 2.29. The molecule has 0 bridgehead atoms. The number of rotatable bonds is 11. The molecule has 0 aliphatic rings. The van der Waals surface area contributed by atoms with Crippen molar-refractivity contribution < 1.29 is 18.0 Å². The zero-order valence-electron chi connectivity index (χ0n) is 25.0. The van der Waals surface area contributed by atoms with Gasteiger partial charge in [-0.1, -0.05) is 82.3 Å². The molecule has 5 nitrogen and oxygen atoms in total. The molecule has 2 unspecified atom stereocenters. The molecule has 4 aromatic rings. The highest BCUT2D eigenvalue weighted by atomic mass is 19.4. The Morgan fingerprint density at radius 2 is 1.44 bits per heavy atom. The summed E-state index contributed by atoms with van der Waals surface area (Å²) in [5, 5.41) is 9.27. The van der Waals surface area contributed by atoms with E-state index in [1.807, 2.05) is 93.6 Å². The number of carbonyl (C=O) groups excluding carboxylic acids is 1. The number of amides is 1. The first kappa shape index (κ1) is 33.1. The molecule has 226 valence electrons. The molecule has 8 heteroatoms. The second-order valence-electron chi connectivity index (χ2n) is 9.75. The number of hydrogen-bond acceptors (Lipinski definition) is 4. The van der Waals surface area contributed by atoms with Gasteiger partial charge in [-0.15, -0.1) is 0 Å². The van der Waals surface area contributed by atoms with Crippen molar-refractivity contribution in [2.45, 2.75) is 52.9 Å². The number of hydrogen-bond donors (Lipinski definition) is 3. The van der Waals surface area contributed by atoms with Crippen molar-refractivity contribution in [1.29, 1.82) is 0 Å². The number of aryl methyl sites for hydroxylation is 1. The average molecular weight is 589 g/mol. The van der Waals surface area contributed by atoms with Crippen molar-refractivity contribution in [3.8, 4) is 0 Å². The van der Waals surface area contributed by atoms with Gasteiger partial charge in [-0.25, -0.2) is 0 Å². The number of benzene rings is 3. The predicted molar refractivity (Wildman–Crippen MR) is 169 cm³/mol. The first-order valence-electron chi connectivity index (χ1n) is 14.5. The quantitative estimate of drug-likeness (QED) is 0.153. The number of allylic oxidation sites excluding steroid dienone is 1. The highest BCUT2D eigenvalue weighted by molar-refractivity contribution is 6.05. The van der Waals surface area contributed by atoms with Gasteiger partial charge in [0.1, 0.15) is 5.70 Å². The van der Waals surface area contributed by atoms with Gasteiger partial charge in [0, 0.05) is 30.3 Å². The molecule has 1 heterocycles. The summed E-state index contributed by atoms with van der Waals surface area (Å²) in [4.78, 5) is 17.4. The molecule has 0 spiro atoms. The van der Waals surface area contributed by atoms with Gasteiger partial charge in [-0.2, -0.15) is 13.2 Å². The van der Waals surface area contributed by atoms with Crippen LogP contribution in [-0.4, -0.2) is 17.1 Å². The van der Waals surface area contributed by atoms with E-state index in [4.69, 9.17) is 0 Å². The molecule has 0 aliphatic heterocycles. The van der Waals surface area contributed by atoms with Crippen LogP contribution in [0, 0.1) is 5.92 Å². The molecule has 0 fully saturated rings. The minimum atomic E-state index is -4.48. The summed E-state index contributed by atoms with van der Waals surface area (Å²) in [6.07, 6.45) is 0.664. The summed E-state index contributed by atoms with van der Waals surface area (Å²) in [6.45, 7) is 7.59. The Labute approximate surface area is 252 Å². The van der Waals surface area contributed by atoms with Crippen molar-refractivity contribution in [2.75, 3.05) is 10.6 Å². The van der Waals surface area contributed by atoms with E-state index in [1.165, 1.54) is 0 Å². The first-order chi connectivity index (χ1) is 20.7. The number of alkyl halides is 3. The number of nitrogens with one attached hydrogen (secondary N) is 3. The number of anilines is 2. The molecule has 2 atom stereocenters. The Hall–Kier alpha value is -4.43. The summed E-state index contributed by atoms with van der Waals surface area (Å²) in [7, 11) is 0. The summed E-state index contributed by atoms with van der Waals surface area (Å²) in [5.74, 6) is -2.49. The molecule has 3 aromatic carbocycles. The molecule has 0 saturated heterocycles. The fourth-order valence-electron chi connectivity index (χ4n) is 4.33. The van der Waals surface area contributed by atoms with Gasteiger partial charge < -0.3 is 16.0 Å². The average Bonchev–Trinajstić information content (AvgIpc) is 3.02. The molecular weight excluding hydrogens is 549 g/mol. The Morgan fingerprint density at radius 3 is 2.09 bits per heavy atom. The summed E-state index contributed by atoms with van der Waals surface area (Å²) in [6, 6.07) is 28.1. The van der Waals surface area contributed by atoms with E-state index in [0.29, 0.717) is 17.9 Å². The van der Waals surface area contributed by atoms with Crippen molar-refractivity contribution in [3.05, 3.63) is 137 Å². The van der Waals surface area contributed by atoms with Crippen LogP contribution in [0.25, 0.3) is 0 Å². The maximum Gasteiger partial charge on any atom is 0.394 e. The zero-order chi connectivity index (χ0) is 31.2. The lowest BCUT2D eigenvalue weighted by molar-refractivity contribution is -0.156. The van der Waals surface area contributed by atoms with Gasteiger partial charge in [-0.3, -0.25) is 9.78 Å². The number of nitrogens with zero attached hydrogens (tertiary/aromatic N) is 1. The van der Waals surface area contributed by atoms with E-state index < -0.39 is 18.0 Å². The van der Waals surface area contributed by atoms with Crippen LogP contribution in [-0.2, 0) is 17.8 Å². The van der Waals surface area contributed by atoms with Gasteiger partial charge in [0.2, 0.25) is 0 Å². The van der Waals surface area contributed by atoms with E-state index in [1.54, 1.807) is 30.6 Å². The molecule has 0 aliphatic carbocycles. The number of halogens is 3. The fourth-order valence-corrected chi connectivity index (χ4v) is 4.33. The molecule has 1 amide bonds. The van der Waals surface area contributed by atoms with Crippen molar-refractivity contribution in [1.82, 2.24) is 10.3 Å². The number of aromatic nitrogens is 1. The number of carbonyl (C=O) groups is 1. The Bertz CT molecular complexity index is 1460. The second-order valence-corrected chi connectivity index (χ2v) is 9.75. The minimum absolute atomic E-state index is 0.177. The van der Waals surface area contributed by atoms with Crippen LogP contribution in [0.2, 0.25) is 0 Å². The molecular formula is C35H39F3N4O. The van der Waals surface area contributed by atoms with Gasteiger partial charge in [0.25, 0.3) is 5.91 Å². The smallest absolute Gasteiger partial charge is 0.351 e. The number of pyridine rings is 1. The van der Waals surface area contributed by atoms with Crippen LogP contribution >= 0.6 is 0 Å². The van der Waals surface area contributed by atoms with E-state index >= 15 is 0 Å². The summed E-state index contributed by atoms with van der Waals surface area (Å²) in [5.41, 5.74) is 4.81. The Balaban J connectivity index is 0.00000248. The maximum absolute atomic E-state index is 13.4. The lowest BCUT2D eigenvalue weighted by Crippen LogP contribution is -2.25. The molecule has 4 rings (SSSR count). The van der Waals surface area contributed by atoms with Crippen LogP contribution in [0.15, 0.2) is 115 Å². The van der Waals surface area contributed by atoms with Crippen molar-refractivity contribution in [3.63, 3.8) is 0 Å². The monoisotopic (exact) mass is 588 g/mol. The van der Waals surface area contributed by atoms with Crippen molar-refractivity contribution >= 4 is 17.3 Å². The normalized spacial score (nSPS) is 12.9. The van der Waals surface area contributed by atoms with Gasteiger partial charge in [0.05, 0.1) is 12.0 Å². The van der Waals surface area contributed by atoms with Crippen LogP contribution in [0.1, 0.15) is 56.0 Å². The standard InChI is InChI=1S/C33H33F3N4O.C2H6/c1-3-24-9-7-13-28(20-24)39-30(19-23(2)33(34,35)36)32(41)40-29-14-8-12-27(21-29)31(26-10-5-4-6-11-26)38-22-25-15-17-37-18-16-25;1-2/h4-21,23,31,38-39H,3,22H2,1-2H3,(H,40,41);1-2H3/b30-19-;. The van der Waals surface area contributed by atoms with E-state index in [2.05, 4.69) is 20.9 Å². The van der Waals surface area contributed by atoms with Crippen LogP contribution in [0.3, 0.4) is 0 Å². The molecule has 0 radical (unpaired) electrons. The topological polar surface area (TPSA) is 66.1 Å². The van der Waals surface area contributed by atoms with Gasteiger partial charge >= 0.3 is 6.18 Å². The first-order valence-corrected chi connectivity index (χ1v) is 14.5. The van der Waals surface area contributed by atoms with Gasteiger partial charge in [0.15, 0.2) is 0 Å². The summed E-state index contributed by atoms with van der Waals surface area (Å²) < 4.78 is 40.3. The fraction of sp³-hybridized carbons (Fsp3) is 0.257. The predicted octanol–water partition coefficient (Wildman–Crippen LogP) is 8.68. The lowest BCUT2D eigenvalue weighted by atomic mass is 9.98. The third kappa shape index (κ3) is 10.1. The SMILES string of the molecule is CC.CCc1cccc(N/C(=C\C(C)C(F)(F)F)C(=O)Nc2cccc(C(NCc3ccncc3)c3ccccc3)c2)c1. The van der Waals surface area contributed by atoms with E-state index in [0.717, 1.165) is 41.7 Å². The molecule has 43 heavy (non-hydrogen) atoms. The van der Waals surface area contributed by atoms with Gasteiger partial charge in [-0.05, 0) is 71.1 Å². The Kier molecular flexibility index (Phi) is 12.5. The largest absolute Gasteiger partial charge is 0.394 e. The second kappa shape index (κ2) is 16.3. The van der Waals surface area contributed by atoms with Crippen LogP contribution in [0.5, 0.6) is 0 Å². The lowest BCUT2D eigenvalue weighted by Gasteiger charge is -2.21.